The van der Waals surface area contributed by atoms with E-state index in [1.807, 2.05) is 55.5 Å². The van der Waals surface area contributed by atoms with Crippen LogP contribution in [0.4, 0.5) is 5.69 Å². The predicted octanol–water partition coefficient (Wildman–Crippen LogP) is 5.92. The Kier molecular flexibility index (Phi) is 8.79. The van der Waals surface area contributed by atoms with Crippen LogP contribution in [-0.2, 0) is 27.9 Å². The number of rotatable bonds is 10. The van der Waals surface area contributed by atoms with E-state index >= 15 is 0 Å². The van der Waals surface area contributed by atoms with Gasteiger partial charge in [-0.3, -0.25) is 24.4 Å². The molecule has 238 valence electrons. The molecule has 47 heavy (non-hydrogen) atoms. The number of hydrogen-bond donors (Lipinski definition) is 3. The summed E-state index contributed by atoms with van der Waals surface area (Å²) in [5.41, 5.74) is 5.34. The smallest absolute Gasteiger partial charge is 0.355 e. The quantitative estimate of drug-likeness (QED) is 0.161. The second-order valence-electron chi connectivity index (χ2n) is 11.6. The summed E-state index contributed by atoms with van der Waals surface area (Å²) in [5, 5.41) is 20.2. The van der Waals surface area contributed by atoms with Crippen LogP contribution in [-0.4, -0.2) is 43.6 Å². The first-order valence-corrected chi connectivity index (χ1v) is 15.3. The van der Waals surface area contributed by atoms with Crippen LogP contribution >= 0.6 is 0 Å². The van der Waals surface area contributed by atoms with Crippen LogP contribution < -0.4 is 15.4 Å². The van der Waals surface area contributed by atoms with E-state index in [-0.39, 0.29) is 29.8 Å². The third-order valence-corrected chi connectivity index (χ3v) is 8.26. The van der Waals surface area contributed by atoms with Gasteiger partial charge in [-0.25, -0.2) is 9.78 Å². The van der Waals surface area contributed by atoms with Crippen molar-refractivity contribution in [1.29, 1.82) is 0 Å². The molecule has 5 aromatic rings. The van der Waals surface area contributed by atoms with E-state index in [9.17, 15) is 24.3 Å². The Bertz CT molecular complexity index is 2020. The molecule has 1 fully saturated rings. The van der Waals surface area contributed by atoms with Crippen molar-refractivity contribution in [2.45, 2.75) is 44.9 Å². The van der Waals surface area contributed by atoms with Gasteiger partial charge < -0.3 is 15.2 Å². The van der Waals surface area contributed by atoms with Gasteiger partial charge >= 0.3 is 5.97 Å². The number of nitrogens with one attached hydrogen (secondary N) is 2. The topological polar surface area (TPSA) is 153 Å². The molecule has 11 nitrogen and oxygen atoms in total. The average molecular weight is 632 g/mol. The zero-order chi connectivity index (χ0) is 33.1. The summed E-state index contributed by atoms with van der Waals surface area (Å²) in [6.45, 7) is 1.90. The van der Waals surface area contributed by atoms with E-state index < -0.39 is 11.9 Å². The first kappa shape index (κ1) is 31.2. The van der Waals surface area contributed by atoms with Crippen molar-refractivity contribution in [1.82, 2.24) is 20.1 Å². The fourth-order valence-electron chi connectivity index (χ4n) is 5.91. The van der Waals surface area contributed by atoms with Gasteiger partial charge in [0.25, 0.3) is 0 Å². The Morgan fingerprint density at radius 3 is 2.55 bits per heavy atom. The molecule has 3 amide bonds. The first-order valence-electron chi connectivity index (χ1n) is 15.3. The third-order valence-electron chi connectivity index (χ3n) is 8.26. The molecule has 1 saturated heterocycles. The summed E-state index contributed by atoms with van der Waals surface area (Å²) < 4.78 is 7.73. The molecule has 1 unspecified atom stereocenters. The maximum Gasteiger partial charge on any atom is 0.355 e. The number of aryl methyl sites for hydroxylation is 3. The second-order valence-corrected chi connectivity index (χ2v) is 11.6. The highest BCUT2D eigenvalue weighted by molar-refractivity contribution is 6.03. The van der Waals surface area contributed by atoms with Gasteiger partial charge in [0.1, 0.15) is 11.5 Å². The fourth-order valence-corrected chi connectivity index (χ4v) is 5.91. The molecule has 1 aliphatic rings. The molecule has 6 rings (SSSR count). The average Bonchev–Trinajstić information content (AvgIpc) is 3.37. The van der Waals surface area contributed by atoms with Crippen LogP contribution in [0.3, 0.4) is 0 Å². The normalized spacial score (nSPS) is 14.6. The zero-order valence-corrected chi connectivity index (χ0v) is 25.9. The van der Waals surface area contributed by atoms with Crippen molar-refractivity contribution in [2.75, 3.05) is 5.32 Å². The highest BCUT2D eigenvalue weighted by Crippen LogP contribution is 2.33. The number of carboxylic acid groups (broad SMARTS) is 1. The summed E-state index contributed by atoms with van der Waals surface area (Å²) in [4.78, 5) is 52.3. The number of piperidine rings is 1. The van der Waals surface area contributed by atoms with Crippen molar-refractivity contribution >= 4 is 40.3 Å². The van der Waals surface area contributed by atoms with Crippen LogP contribution in [0.1, 0.15) is 58.9 Å². The number of fused-ring (bicyclic) bond motifs is 1. The maximum atomic E-state index is 12.7. The molecule has 3 aromatic carbocycles. The number of carbonyl (C=O) groups excluding carboxylic acids is 3. The Labute approximate surface area is 270 Å². The molecule has 2 aromatic heterocycles. The SMILES string of the molecule is Cc1cc(Oc2ccc(CCCC(=O)Nc3ccc4c(C5CCC(=O)NC5=O)nn(C)c4c3)cc2)ccc1-c1cccnc1C(=O)O. The Morgan fingerprint density at radius 2 is 1.81 bits per heavy atom. The molecule has 0 aliphatic carbocycles. The van der Waals surface area contributed by atoms with Crippen LogP contribution in [0.25, 0.3) is 22.0 Å². The number of carboxylic acids is 1. The van der Waals surface area contributed by atoms with E-state index in [1.54, 1.807) is 36.0 Å². The fraction of sp³-hybridized carbons (Fsp3) is 0.222. The van der Waals surface area contributed by atoms with Gasteiger partial charge in [-0.2, -0.15) is 5.10 Å². The lowest BCUT2D eigenvalue weighted by atomic mass is 9.93. The Balaban J connectivity index is 1.01. The molecule has 0 bridgehead atoms. The molecule has 3 N–H and O–H groups in total. The highest BCUT2D eigenvalue weighted by atomic mass is 16.5. The van der Waals surface area contributed by atoms with Crippen LogP contribution in [0.15, 0.2) is 79.0 Å². The van der Waals surface area contributed by atoms with Crippen LogP contribution in [0.5, 0.6) is 11.5 Å². The summed E-state index contributed by atoms with van der Waals surface area (Å²) in [7, 11) is 1.79. The van der Waals surface area contributed by atoms with Crippen molar-refractivity contribution in [3.63, 3.8) is 0 Å². The lowest BCUT2D eigenvalue weighted by Crippen LogP contribution is -2.39. The number of hydrogen-bond acceptors (Lipinski definition) is 7. The zero-order valence-electron chi connectivity index (χ0n) is 25.9. The summed E-state index contributed by atoms with van der Waals surface area (Å²) in [5.74, 6) is -0.961. The number of aromatic nitrogens is 3. The minimum absolute atomic E-state index is 0.00522. The minimum atomic E-state index is -1.08. The number of pyridine rings is 1. The van der Waals surface area contributed by atoms with Gasteiger partial charge in [0.2, 0.25) is 17.7 Å². The first-order chi connectivity index (χ1) is 22.7. The minimum Gasteiger partial charge on any atom is -0.476 e. The lowest BCUT2D eigenvalue weighted by Gasteiger charge is -2.19. The number of imide groups is 1. The maximum absolute atomic E-state index is 12.7. The monoisotopic (exact) mass is 631 g/mol. The van der Waals surface area contributed by atoms with Crippen molar-refractivity contribution in [3.05, 3.63) is 102 Å². The Hall–Kier alpha value is -5.84. The molecular formula is C36H33N5O6. The van der Waals surface area contributed by atoms with Gasteiger partial charge in [0.05, 0.1) is 17.1 Å². The number of carbonyl (C=O) groups is 4. The van der Waals surface area contributed by atoms with E-state index in [1.165, 1.54) is 6.20 Å². The molecule has 3 heterocycles. The van der Waals surface area contributed by atoms with Gasteiger partial charge in [0, 0.05) is 42.7 Å². The Morgan fingerprint density at radius 1 is 1.02 bits per heavy atom. The van der Waals surface area contributed by atoms with Crippen molar-refractivity contribution in [3.8, 4) is 22.6 Å². The molecule has 1 atom stereocenters. The van der Waals surface area contributed by atoms with Crippen LogP contribution in [0.2, 0.25) is 0 Å². The number of nitrogens with zero attached hydrogens (tertiary/aromatic N) is 3. The molecule has 1 aliphatic heterocycles. The number of amides is 3. The van der Waals surface area contributed by atoms with E-state index in [2.05, 4.69) is 20.7 Å². The highest BCUT2D eigenvalue weighted by Gasteiger charge is 2.31. The van der Waals surface area contributed by atoms with E-state index in [0.29, 0.717) is 54.1 Å². The van der Waals surface area contributed by atoms with Crippen LogP contribution in [0, 0.1) is 6.92 Å². The van der Waals surface area contributed by atoms with E-state index in [4.69, 9.17) is 4.74 Å². The van der Waals surface area contributed by atoms with Gasteiger partial charge in [-0.1, -0.05) is 24.3 Å². The van der Waals surface area contributed by atoms with Crippen molar-refractivity contribution < 1.29 is 29.0 Å². The summed E-state index contributed by atoms with van der Waals surface area (Å²) >= 11 is 0. The number of benzene rings is 3. The third kappa shape index (κ3) is 6.89. The summed E-state index contributed by atoms with van der Waals surface area (Å²) in [6, 6.07) is 22.2. The molecule has 0 radical (unpaired) electrons. The second kappa shape index (κ2) is 13.3. The largest absolute Gasteiger partial charge is 0.476 e. The van der Waals surface area contributed by atoms with Crippen molar-refractivity contribution in [2.24, 2.45) is 7.05 Å². The molecule has 11 heteroatoms. The molecule has 0 saturated carbocycles. The number of anilines is 1. The predicted molar refractivity (Wildman–Crippen MR) is 175 cm³/mol. The lowest BCUT2D eigenvalue weighted by molar-refractivity contribution is -0.134. The van der Waals surface area contributed by atoms with Gasteiger partial charge in [-0.05, 0) is 91.4 Å². The number of ether oxygens (including phenoxy) is 1. The molecular weight excluding hydrogens is 598 g/mol. The number of aromatic carboxylic acids is 1. The summed E-state index contributed by atoms with van der Waals surface area (Å²) in [6.07, 6.45) is 3.88. The van der Waals surface area contributed by atoms with Gasteiger partial charge in [-0.15, -0.1) is 0 Å². The molecule has 0 spiro atoms. The standard InChI is InChI=1S/C36H33N5O6/c1-21-19-25(13-15-26(21)27-6-4-18-37-34(27)36(45)46)47-24-11-8-22(9-12-24)5-3-7-31(42)38-23-10-14-28-30(20-23)41(2)40-33(28)29-16-17-32(43)39-35(29)44/h4,6,8-15,18-20,29H,3,5,7,16-17H2,1-2H3,(H,38,42)(H,45,46)(H,39,43,44). The van der Waals surface area contributed by atoms with Gasteiger partial charge in [0.15, 0.2) is 5.69 Å². The van der Waals surface area contributed by atoms with E-state index in [0.717, 1.165) is 27.6 Å².